The monoisotopic (exact) mass is 112 g/mol. The minimum atomic E-state index is -0.387. The first-order chi connectivity index (χ1) is 3.79. The van der Waals surface area contributed by atoms with E-state index in [0.29, 0.717) is 0 Å². The Balaban J connectivity index is 3.08. The predicted molar refractivity (Wildman–Crippen MR) is 26.3 cm³/mol. The first-order valence-corrected chi connectivity index (χ1v) is 2.17. The highest BCUT2D eigenvalue weighted by Crippen LogP contribution is 1.87. The minimum absolute atomic E-state index is 0.387. The SMILES string of the molecule is [NH-][n+]1cccc(F)c1. The van der Waals surface area contributed by atoms with Crippen molar-refractivity contribution in [2.45, 2.75) is 0 Å². The van der Waals surface area contributed by atoms with Crippen LogP contribution >= 0.6 is 0 Å². The molecule has 1 aromatic rings. The summed E-state index contributed by atoms with van der Waals surface area (Å²) in [4.78, 5) is 0. The van der Waals surface area contributed by atoms with Crippen molar-refractivity contribution in [1.29, 1.82) is 0 Å². The molecule has 0 aliphatic heterocycles. The second kappa shape index (κ2) is 1.78. The molecule has 0 fully saturated rings. The van der Waals surface area contributed by atoms with Crippen LogP contribution in [0.5, 0.6) is 0 Å². The standard InChI is InChI=1S/C5H5FN2/c6-5-2-1-3-8(7)4-5/h1-4,7H. The molecule has 1 N–H and O–H groups in total. The molecule has 0 amide bonds. The summed E-state index contributed by atoms with van der Waals surface area (Å²) >= 11 is 0. The maximum Gasteiger partial charge on any atom is 0.200 e. The fourth-order valence-corrected chi connectivity index (χ4v) is 0.447. The van der Waals surface area contributed by atoms with E-state index in [1.54, 1.807) is 0 Å². The van der Waals surface area contributed by atoms with Gasteiger partial charge in [-0.1, -0.05) is 0 Å². The predicted octanol–water partition coefficient (Wildman–Crippen LogP) is 0.928. The van der Waals surface area contributed by atoms with Crippen molar-refractivity contribution in [3.8, 4) is 0 Å². The smallest absolute Gasteiger partial charge is 0.200 e. The highest BCUT2D eigenvalue weighted by molar-refractivity contribution is 4.88. The van der Waals surface area contributed by atoms with E-state index in [1.807, 2.05) is 0 Å². The van der Waals surface area contributed by atoms with Crippen LogP contribution in [0.1, 0.15) is 0 Å². The maximum absolute atomic E-state index is 12.0. The number of halogens is 1. The molecule has 42 valence electrons. The van der Waals surface area contributed by atoms with Crippen LogP contribution in [-0.2, 0) is 0 Å². The second-order valence-corrected chi connectivity index (χ2v) is 1.43. The first-order valence-electron chi connectivity index (χ1n) is 2.17. The quantitative estimate of drug-likeness (QED) is 0.446. The van der Waals surface area contributed by atoms with Crippen molar-refractivity contribution in [3.05, 3.63) is 36.2 Å². The van der Waals surface area contributed by atoms with E-state index < -0.39 is 0 Å². The molecule has 0 unspecified atom stereocenters. The highest BCUT2D eigenvalue weighted by Gasteiger charge is 1.88. The van der Waals surface area contributed by atoms with Gasteiger partial charge in [-0.3, -0.25) is 0 Å². The summed E-state index contributed by atoms with van der Waals surface area (Å²) in [5, 5.41) is 0. The highest BCUT2D eigenvalue weighted by atomic mass is 19.1. The Morgan fingerprint density at radius 1 is 1.62 bits per heavy atom. The summed E-state index contributed by atoms with van der Waals surface area (Å²) < 4.78 is 12.9. The number of hydrogen-bond acceptors (Lipinski definition) is 0. The Morgan fingerprint density at radius 2 is 2.38 bits per heavy atom. The average molecular weight is 112 g/mol. The van der Waals surface area contributed by atoms with E-state index in [-0.39, 0.29) is 5.82 Å². The van der Waals surface area contributed by atoms with E-state index in [1.165, 1.54) is 18.3 Å². The lowest BCUT2D eigenvalue weighted by molar-refractivity contribution is -0.607. The molecule has 1 heterocycles. The molecule has 8 heavy (non-hydrogen) atoms. The normalized spacial score (nSPS) is 9.12. The summed E-state index contributed by atoms with van der Waals surface area (Å²) in [6.07, 6.45) is 2.53. The number of nitrogens with one attached hydrogen (secondary N) is 1. The largest absolute Gasteiger partial charge is 0.449 e. The van der Waals surface area contributed by atoms with Gasteiger partial charge in [0.05, 0.1) is 0 Å². The minimum Gasteiger partial charge on any atom is -0.449 e. The molecule has 2 nitrogen and oxygen atoms in total. The number of rotatable bonds is 0. The van der Waals surface area contributed by atoms with Gasteiger partial charge in [0.15, 0.2) is 18.2 Å². The van der Waals surface area contributed by atoms with Crippen LogP contribution in [0, 0.1) is 5.82 Å². The van der Waals surface area contributed by atoms with Crippen molar-refractivity contribution in [1.82, 2.24) is 0 Å². The summed E-state index contributed by atoms with van der Waals surface area (Å²) in [7, 11) is 0. The molecule has 0 bridgehead atoms. The van der Waals surface area contributed by atoms with Crippen LogP contribution < -0.4 is 4.68 Å². The Bertz CT molecular complexity index is 170. The summed E-state index contributed by atoms with van der Waals surface area (Å²) in [5.74, 6) is 6.43. The van der Waals surface area contributed by atoms with Crippen LogP contribution in [0.15, 0.2) is 24.5 Å². The Hall–Kier alpha value is -1.12. The molecule has 0 aliphatic carbocycles. The van der Waals surface area contributed by atoms with Gasteiger partial charge in [0.1, 0.15) is 0 Å². The number of nitrogens with zero attached hydrogens (tertiary/aromatic N) is 1. The Kier molecular flexibility index (Phi) is 1.12. The average Bonchev–Trinajstić information content (AvgIpc) is 1.64. The Labute approximate surface area is 46.3 Å². The lowest BCUT2D eigenvalue weighted by atomic mass is 10.5. The molecule has 0 aliphatic rings. The molecule has 1 rings (SSSR count). The van der Waals surface area contributed by atoms with Crippen molar-refractivity contribution in [2.24, 2.45) is 0 Å². The lowest BCUT2D eigenvalue weighted by Gasteiger charge is -1.90. The molecular formula is C5H5FN2. The molecule has 0 radical (unpaired) electrons. The third-order valence-electron chi connectivity index (χ3n) is 0.765. The molecule has 0 aromatic carbocycles. The van der Waals surface area contributed by atoms with Crippen LogP contribution in [0.25, 0.3) is 5.84 Å². The Morgan fingerprint density at radius 3 is 2.75 bits per heavy atom. The van der Waals surface area contributed by atoms with Crippen molar-refractivity contribution in [3.63, 3.8) is 0 Å². The van der Waals surface area contributed by atoms with Gasteiger partial charge in [0.2, 0.25) is 0 Å². The fraction of sp³-hybridized carbons (Fsp3) is 0. The zero-order valence-corrected chi connectivity index (χ0v) is 4.13. The van der Waals surface area contributed by atoms with Crippen LogP contribution in [0.3, 0.4) is 0 Å². The van der Waals surface area contributed by atoms with Crippen LogP contribution in [0.4, 0.5) is 4.39 Å². The van der Waals surface area contributed by atoms with Gasteiger partial charge >= 0.3 is 0 Å². The van der Waals surface area contributed by atoms with E-state index in [4.69, 9.17) is 5.84 Å². The second-order valence-electron chi connectivity index (χ2n) is 1.43. The lowest BCUT2D eigenvalue weighted by Crippen LogP contribution is -2.21. The van der Waals surface area contributed by atoms with Gasteiger partial charge in [0, 0.05) is 6.07 Å². The van der Waals surface area contributed by atoms with Gasteiger partial charge < -0.3 is 5.84 Å². The van der Waals surface area contributed by atoms with E-state index in [9.17, 15) is 4.39 Å². The molecule has 0 saturated carbocycles. The molecular weight excluding hydrogens is 107 g/mol. The molecule has 0 spiro atoms. The van der Waals surface area contributed by atoms with Crippen LogP contribution in [0.2, 0.25) is 0 Å². The third kappa shape index (κ3) is 0.932. The summed E-state index contributed by atoms with van der Waals surface area (Å²) in [6, 6.07) is 2.77. The molecule has 0 atom stereocenters. The zero-order valence-electron chi connectivity index (χ0n) is 4.13. The first kappa shape index (κ1) is 5.03. The van der Waals surface area contributed by atoms with Gasteiger partial charge in [-0.05, 0) is 6.07 Å². The van der Waals surface area contributed by atoms with Gasteiger partial charge in [0.25, 0.3) is 0 Å². The molecule has 3 heteroatoms. The third-order valence-corrected chi connectivity index (χ3v) is 0.765. The molecule has 1 aromatic heterocycles. The summed E-state index contributed by atoms with van der Waals surface area (Å²) in [5.41, 5.74) is 0. The van der Waals surface area contributed by atoms with Crippen molar-refractivity contribution < 1.29 is 9.07 Å². The van der Waals surface area contributed by atoms with Crippen LogP contribution in [-0.4, -0.2) is 0 Å². The van der Waals surface area contributed by atoms with E-state index in [2.05, 4.69) is 0 Å². The molecule has 0 saturated heterocycles. The maximum atomic E-state index is 12.0. The fourth-order valence-electron chi connectivity index (χ4n) is 0.447. The van der Waals surface area contributed by atoms with Gasteiger partial charge in [-0.25, -0.2) is 9.07 Å². The number of aromatic nitrogens is 1. The summed E-state index contributed by atoms with van der Waals surface area (Å²) in [6.45, 7) is 0. The van der Waals surface area contributed by atoms with Crippen molar-refractivity contribution >= 4 is 0 Å². The number of hydrogen-bond donors (Lipinski definition) is 0. The zero-order chi connectivity index (χ0) is 5.98. The van der Waals surface area contributed by atoms with E-state index >= 15 is 0 Å². The van der Waals surface area contributed by atoms with Gasteiger partial charge in [-0.15, -0.1) is 0 Å². The topological polar surface area (TPSA) is 27.7 Å². The van der Waals surface area contributed by atoms with E-state index in [0.717, 1.165) is 10.9 Å². The van der Waals surface area contributed by atoms with Gasteiger partial charge in [-0.2, -0.15) is 0 Å². The van der Waals surface area contributed by atoms with Crippen molar-refractivity contribution in [2.75, 3.05) is 0 Å². The number of pyridine rings is 1.